The Labute approximate surface area is 173 Å². The molecule has 2 aliphatic rings. The van der Waals surface area contributed by atoms with Crippen molar-refractivity contribution in [1.82, 2.24) is 5.32 Å². The SMILES string of the molecule is O=C(CCN1C(=O)COc2ccccc21)NCC1(c2cccc(Br)c2)CCC1. The molecule has 0 radical (unpaired) electrons. The van der Waals surface area contributed by atoms with Crippen LogP contribution in [0.3, 0.4) is 0 Å². The molecule has 2 aromatic carbocycles. The lowest BCUT2D eigenvalue weighted by atomic mass is 9.64. The van der Waals surface area contributed by atoms with Gasteiger partial charge in [-0.15, -0.1) is 0 Å². The maximum Gasteiger partial charge on any atom is 0.265 e. The van der Waals surface area contributed by atoms with Crippen molar-refractivity contribution in [2.75, 3.05) is 24.6 Å². The van der Waals surface area contributed by atoms with Crippen molar-refractivity contribution in [3.63, 3.8) is 0 Å². The summed E-state index contributed by atoms with van der Waals surface area (Å²) in [6.07, 6.45) is 3.62. The predicted octanol–water partition coefficient (Wildman–Crippen LogP) is 3.80. The Balaban J connectivity index is 1.36. The number of benzene rings is 2. The van der Waals surface area contributed by atoms with Crippen LogP contribution in [0.25, 0.3) is 0 Å². The van der Waals surface area contributed by atoms with Crippen molar-refractivity contribution in [3.8, 4) is 5.75 Å². The van der Waals surface area contributed by atoms with E-state index in [4.69, 9.17) is 4.74 Å². The Bertz CT molecular complexity index is 895. The zero-order valence-electron chi connectivity index (χ0n) is 15.6. The first kappa shape index (κ1) is 19.0. The molecule has 0 unspecified atom stereocenters. The maximum absolute atomic E-state index is 12.5. The van der Waals surface area contributed by atoms with Gasteiger partial charge in [0.1, 0.15) is 5.75 Å². The van der Waals surface area contributed by atoms with Gasteiger partial charge in [-0.05, 0) is 42.7 Å². The van der Waals surface area contributed by atoms with Gasteiger partial charge < -0.3 is 15.0 Å². The highest BCUT2D eigenvalue weighted by molar-refractivity contribution is 9.10. The number of amides is 2. The lowest BCUT2D eigenvalue weighted by molar-refractivity contribution is -0.122. The van der Waals surface area contributed by atoms with E-state index in [1.54, 1.807) is 4.90 Å². The number of anilines is 1. The molecule has 0 spiro atoms. The molecule has 0 bridgehead atoms. The number of carbonyl (C=O) groups is 2. The van der Waals surface area contributed by atoms with E-state index >= 15 is 0 Å². The summed E-state index contributed by atoms with van der Waals surface area (Å²) in [4.78, 5) is 26.4. The molecule has 1 heterocycles. The quantitative estimate of drug-likeness (QED) is 0.739. The number of para-hydroxylation sites is 2. The molecule has 1 aliphatic carbocycles. The first-order valence-corrected chi connectivity index (χ1v) is 10.4. The number of hydrogen-bond acceptors (Lipinski definition) is 3. The average Bonchev–Trinajstić information content (AvgIpc) is 2.66. The molecule has 4 rings (SSSR count). The van der Waals surface area contributed by atoms with Crippen LogP contribution < -0.4 is 15.0 Å². The Morgan fingerprint density at radius 1 is 1.18 bits per heavy atom. The molecule has 1 saturated carbocycles. The lowest BCUT2D eigenvalue weighted by Gasteiger charge is -2.42. The van der Waals surface area contributed by atoms with Gasteiger partial charge in [-0.1, -0.05) is 46.6 Å². The van der Waals surface area contributed by atoms with Gasteiger partial charge >= 0.3 is 0 Å². The molecule has 5 nitrogen and oxygen atoms in total. The van der Waals surface area contributed by atoms with Crippen LogP contribution in [-0.4, -0.2) is 31.5 Å². The standard InChI is InChI=1S/C22H23BrN2O3/c23-17-6-3-5-16(13-17)22(10-4-11-22)15-24-20(26)9-12-25-18-7-1-2-8-19(18)28-14-21(25)27/h1-3,5-8,13H,4,9-12,14-15H2,(H,24,26). The zero-order chi connectivity index (χ0) is 19.6. The minimum absolute atomic E-state index is 0.0185. The molecule has 0 atom stereocenters. The fourth-order valence-electron chi connectivity index (χ4n) is 3.96. The second-order valence-electron chi connectivity index (χ2n) is 7.47. The van der Waals surface area contributed by atoms with Gasteiger partial charge in [0.15, 0.2) is 6.61 Å². The number of rotatable bonds is 6. The van der Waals surface area contributed by atoms with Crippen LogP contribution in [0.1, 0.15) is 31.2 Å². The molecule has 0 saturated heterocycles. The Morgan fingerprint density at radius 3 is 2.75 bits per heavy atom. The monoisotopic (exact) mass is 442 g/mol. The fraction of sp³-hybridized carbons (Fsp3) is 0.364. The smallest absolute Gasteiger partial charge is 0.265 e. The van der Waals surface area contributed by atoms with Crippen molar-refractivity contribution in [1.29, 1.82) is 0 Å². The number of halogens is 1. The van der Waals surface area contributed by atoms with Gasteiger partial charge in [0, 0.05) is 29.4 Å². The van der Waals surface area contributed by atoms with Crippen LogP contribution in [0.4, 0.5) is 5.69 Å². The summed E-state index contributed by atoms with van der Waals surface area (Å²) < 4.78 is 6.51. The minimum Gasteiger partial charge on any atom is -0.482 e. The van der Waals surface area contributed by atoms with Crippen molar-refractivity contribution in [2.24, 2.45) is 0 Å². The van der Waals surface area contributed by atoms with Crippen molar-refractivity contribution >= 4 is 33.4 Å². The first-order valence-electron chi connectivity index (χ1n) is 9.62. The van der Waals surface area contributed by atoms with Crippen LogP contribution in [0, 0.1) is 0 Å². The summed E-state index contributed by atoms with van der Waals surface area (Å²) in [5, 5.41) is 3.10. The normalized spacial score (nSPS) is 17.3. The summed E-state index contributed by atoms with van der Waals surface area (Å²) in [5.74, 6) is 0.541. The maximum atomic E-state index is 12.5. The van der Waals surface area contributed by atoms with E-state index in [1.807, 2.05) is 36.4 Å². The summed E-state index contributed by atoms with van der Waals surface area (Å²) >= 11 is 3.54. The van der Waals surface area contributed by atoms with E-state index in [2.05, 4.69) is 33.4 Å². The molecule has 1 aliphatic heterocycles. The highest BCUT2D eigenvalue weighted by Crippen LogP contribution is 2.43. The summed E-state index contributed by atoms with van der Waals surface area (Å²) in [6.45, 7) is 1.01. The lowest BCUT2D eigenvalue weighted by Crippen LogP contribution is -2.46. The Morgan fingerprint density at radius 2 is 2.00 bits per heavy atom. The molecule has 2 aromatic rings. The van der Waals surface area contributed by atoms with Crippen LogP contribution >= 0.6 is 15.9 Å². The minimum atomic E-state index is -0.115. The van der Waals surface area contributed by atoms with Gasteiger partial charge in [0.2, 0.25) is 5.91 Å². The number of nitrogens with zero attached hydrogens (tertiary/aromatic N) is 1. The topological polar surface area (TPSA) is 58.6 Å². The molecule has 2 amide bonds. The van der Waals surface area contributed by atoms with E-state index in [1.165, 1.54) is 12.0 Å². The molecule has 1 fully saturated rings. The molecular formula is C22H23BrN2O3. The molecule has 6 heteroatoms. The van der Waals surface area contributed by atoms with Crippen molar-refractivity contribution < 1.29 is 14.3 Å². The largest absolute Gasteiger partial charge is 0.482 e. The molecular weight excluding hydrogens is 420 g/mol. The number of nitrogens with one attached hydrogen (secondary N) is 1. The summed E-state index contributed by atoms with van der Waals surface area (Å²) in [7, 11) is 0. The number of carbonyl (C=O) groups excluding carboxylic acids is 2. The van der Waals surface area contributed by atoms with Gasteiger partial charge in [0.05, 0.1) is 5.69 Å². The first-order chi connectivity index (χ1) is 13.6. The van der Waals surface area contributed by atoms with E-state index in [0.717, 1.165) is 23.0 Å². The molecule has 1 N–H and O–H groups in total. The van der Waals surface area contributed by atoms with E-state index in [9.17, 15) is 9.59 Å². The van der Waals surface area contributed by atoms with Gasteiger partial charge in [-0.2, -0.15) is 0 Å². The summed E-state index contributed by atoms with van der Waals surface area (Å²) in [6, 6.07) is 15.8. The highest BCUT2D eigenvalue weighted by Gasteiger charge is 2.39. The third kappa shape index (κ3) is 3.78. The van der Waals surface area contributed by atoms with Crippen LogP contribution in [0.15, 0.2) is 53.0 Å². The Kier molecular flexibility index (Phi) is 5.40. The number of fused-ring (bicyclic) bond motifs is 1. The number of hydrogen-bond donors (Lipinski definition) is 1. The summed E-state index contributed by atoms with van der Waals surface area (Å²) in [5.41, 5.74) is 2.03. The van der Waals surface area contributed by atoms with Crippen molar-refractivity contribution in [2.45, 2.75) is 31.1 Å². The highest BCUT2D eigenvalue weighted by atomic mass is 79.9. The van der Waals surface area contributed by atoms with Crippen LogP contribution in [-0.2, 0) is 15.0 Å². The van der Waals surface area contributed by atoms with E-state index in [0.29, 0.717) is 18.8 Å². The average molecular weight is 443 g/mol. The number of ether oxygens (including phenoxy) is 1. The second-order valence-corrected chi connectivity index (χ2v) is 8.39. The van der Waals surface area contributed by atoms with Crippen LogP contribution in [0.5, 0.6) is 5.75 Å². The van der Waals surface area contributed by atoms with Crippen LogP contribution in [0.2, 0.25) is 0 Å². The van der Waals surface area contributed by atoms with E-state index in [-0.39, 0.29) is 30.3 Å². The van der Waals surface area contributed by atoms with E-state index < -0.39 is 0 Å². The zero-order valence-corrected chi connectivity index (χ0v) is 17.2. The fourth-order valence-corrected chi connectivity index (χ4v) is 4.36. The molecule has 146 valence electrons. The van der Waals surface area contributed by atoms with Gasteiger partial charge in [-0.25, -0.2) is 0 Å². The third-order valence-corrected chi connectivity index (χ3v) is 6.24. The van der Waals surface area contributed by atoms with Crippen molar-refractivity contribution in [3.05, 3.63) is 58.6 Å². The predicted molar refractivity (Wildman–Crippen MR) is 112 cm³/mol. The molecule has 28 heavy (non-hydrogen) atoms. The third-order valence-electron chi connectivity index (χ3n) is 5.74. The second kappa shape index (κ2) is 7.95. The van der Waals surface area contributed by atoms with Gasteiger partial charge in [-0.3, -0.25) is 9.59 Å². The Hall–Kier alpha value is -2.34. The molecule has 0 aromatic heterocycles. The van der Waals surface area contributed by atoms with Gasteiger partial charge in [0.25, 0.3) is 5.91 Å².